The molecule has 1 aliphatic heterocycles. The normalized spacial score (nSPS) is 15.9. The van der Waals surface area contributed by atoms with Gasteiger partial charge in [-0.15, -0.1) is 0 Å². The Morgan fingerprint density at radius 1 is 0.941 bits per heavy atom. The van der Waals surface area contributed by atoms with Gasteiger partial charge < -0.3 is 10.0 Å². The van der Waals surface area contributed by atoms with Gasteiger partial charge in [-0.1, -0.05) is 101 Å². The summed E-state index contributed by atoms with van der Waals surface area (Å²) in [7, 11) is 0. The van der Waals surface area contributed by atoms with Gasteiger partial charge in [0.25, 0.3) is 0 Å². The minimum absolute atomic E-state index is 0.0863. The molecule has 0 fully saturated rings. The van der Waals surface area contributed by atoms with Gasteiger partial charge in [0.1, 0.15) is 11.9 Å². The van der Waals surface area contributed by atoms with Crippen LogP contribution in [0.4, 0.5) is 0 Å². The van der Waals surface area contributed by atoms with Crippen LogP contribution < -0.4 is 0 Å². The molecule has 1 aromatic rings. The molecule has 0 saturated carbocycles. The van der Waals surface area contributed by atoms with Gasteiger partial charge in [-0.05, 0) is 37.7 Å². The average molecular weight is 469 g/mol. The largest absolute Gasteiger partial charge is 0.395 e. The third-order valence-corrected chi connectivity index (χ3v) is 6.69. The number of hydrogen-bond acceptors (Lipinski definition) is 4. The van der Waals surface area contributed by atoms with E-state index in [0.717, 1.165) is 25.1 Å². The van der Waals surface area contributed by atoms with Crippen LogP contribution in [0.25, 0.3) is 0 Å². The van der Waals surface area contributed by atoms with Crippen LogP contribution in [-0.2, 0) is 11.2 Å². The van der Waals surface area contributed by atoms with Gasteiger partial charge in [-0.3, -0.25) is 9.79 Å². The van der Waals surface area contributed by atoms with E-state index in [4.69, 9.17) is 4.99 Å². The first-order chi connectivity index (χ1) is 16.7. The quantitative estimate of drug-likeness (QED) is 0.167. The lowest BCUT2D eigenvalue weighted by molar-refractivity contribution is -0.120. The van der Waals surface area contributed by atoms with Gasteiger partial charge in [0.2, 0.25) is 0 Å². The Bertz CT molecular complexity index is 714. The van der Waals surface area contributed by atoms with E-state index in [1.807, 2.05) is 18.2 Å². The van der Waals surface area contributed by atoms with E-state index in [1.165, 1.54) is 76.2 Å². The first kappa shape index (κ1) is 28.3. The fourth-order valence-corrected chi connectivity index (χ4v) is 4.60. The zero-order valence-corrected chi connectivity index (χ0v) is 21.6. The molecule has 0 amide bonds. The number of ketones is 1. The number of hydrogen-bond donors (Lipinski definition) is 1. The maximum atomic E-state index is 12.7. The van der Waals surface area contributed by atoms with Crippen LogP contribution in [0, 0.1) is 0 Å². The summed E-state index contributed by atoms with van der Waals surface area (Å²) in [5, 5.41) is 9.40. The summed E-state index contributed by atoms with van der Waals surface area (Å²) >= 11 is 0. The fourth-order valence-electron chi connectivity index (χ4n) is 4.60. The van der Waals surface area contributed by atoms with Crippen molar-refractivity contribution in [3.63, 3.8) is 0 Å². The number of carbonyl (C=O) groups is 1. The topological polar surface area (TPSA) is 52.9 Å². The highest BCUT2D eigenvalue weighted by molar-refractivity contribution is 5.93. The summed E-state index contributed by atoms with van der Waals surface area (Å²) in [5.41, 5.74) is 1.19. The number of allylic oxidation sites excluding steroid dienone is 2. The summed E-state index contributed by atoms with van der Waals surface area (Å²) in [4.78, 5) is 19.5. The molecule has 2 rings (SSSR count). The number of amidine groups is 1. The predicted octanol–water partition coefficient (Wildman–Crippen LogP) is 6.91. The zero-order valence-electron chi connectivity index (χ0n) is 21.6. The zero-order chi connectivity index (χ0) is 24.3. The van der Waals surface area contributed by atoms with Crippen molar-refractivity contribution in [2.75, 3.05) is 19.7 Å². The van der Waals surface area contributed by atoms with Crippen molar-refractivity contribution in [2.45, 2.75) is 109 Å². The Morgan fingerprint density at radius 2 is 1.56 bits per heavy atom. The molecule has 4 heteroatoms. The van der Waals surface area contributed by atoms with Crippen molar-refractivity contribution in [1.82, 2.24) is 4.90 Å². The Hall–Kier alpha value is -1.94. The number of β-amino-alcohol motifs (C(OH)–C–C–N with tert-alkyl or cyclic N) is 1. The minimum Gasteiger partial charge on any atom is -0.395 e. The van der Waals surface area contributed by atoms with E-state index in [0.29, 0.717) is 19.5 Å². The molecule has 1 atom stereocenters. The molecule has 1 heterocycles. The standard InChI is InChI=1S/C30H48N2O2/c1-2-3-4-5-6-7-8-9-10-11-12-13-14-15-19-22-29(34)28-26-32(23-24-33)30(31-28)25-27-20-17-16-18-21-27/h9-10,16-18,20-21,28,33H,2-8,11-15,19,22-26H2,1H3/b10-9-. The van der Waals surface area contributed by atoms with Gasteiger partial charge >= 0.3 is 0 Å². The van der Waals surface area contributed by atoms with Crippen molar-refractivity contribution in [3.8, 4) is 0 Å². The predicted molar refractivity (Wildman–Crippen MR) is 144 cm³/mol. The van der Waals surface area contributed by atoms with Gasteiger partial charge in [0, 0.05) is 25.9 Å². The molecule has 190 valence electrons. The van der Waals surface area contributed by atoms with Crippen molar-refractivity contribution >= 4 is 11.6 Å². The van der Waals surface area contributed by atoms with Crippen LogP contribution in [0.1, 0.15) is 102 Å². The number of Topliss-reactive ketones (excluding diaryl/α,β-unsaturated/α-hetero) is 1. The number of benzene rings is 1. The lowest BCUT2D eigenvalue weighted by atomic mass is 10.0. The van der Waals surface area contributed by atoms with E-state index >= 15 is 0 Å². The van der Waals surface area contributed by atoms with Crippen LogP contribution in [0.3, 0.4) is 0 Å². The second kappa shape index (κ2) is 18.4. The SMILES string of the molecule is CCCCCCCC/C=C\CCCCCCCC(=O)C1CN(CCO)C(Cc2ccccc2)=N1. The summed E-state index contributed by atoms with van der Waals surface area (Å²) in [5.74, 6) is 1.19. The summed E-state index contributed by atoms with van der Waals surface area (Å²) in [6.07, 6.45) is 22.5. The Balaban J connectivity index is 1.53. The molecule has 0 saturated heterocycles. The van der Waals surface area contributed by atoms with Crippen molar-refractivity contribution in [3.05, 3.63) is 48.0 Å². The van der Waals surface area contributed by atoms with Crippen LogP contribution in [-0.4, -0.2) is 47.4 Å². The van der Waals surface area contributed by atoms with Crippen LogP contribution in [0.2, 0.25) is 0 Å². The molecule has 4 nitrogen and oxygen atoms in total. The maximum absolute atomic E-state index is 12.7. The monoisotopic (exact) mass is 468 g/mol. The first-order valence-electron chi connectivity index (χ1n) is 13.9. The number of rotatable bonds is 20. The molecular formula is C30H48N2O2. The lowest BCUT2D eigenvalue weighted by Gasteiger charge is -2.19. The molecule has 1 unspecified atom stereocenters. The summed E-state index contributed by atoms with van der Waals surface area (Å²) in [6, 6.07) is 9.96. The molecule has 1 N–H and O–H groups in total. The number of aliphatic imine (C=N–C) groups is 1. The molecular weight excluding hydrogens is 420 g/mol. The third-order valence-electron chi connectivity index (χ3n) is 6.69. The number of unbranched alkanes of at least 4 members (excludes halogenated alkanes) is 11. The van der Waals surface area contributed by atoms with Crippen molar-refractivity contribution in [2.24, 2.45) is 4.99 Å². The van der Waals surface area contributed by atoms with Gasteiger partial charge in [-0.2, -0.15) is 0 Å². The van der Waals surface area contributed by atoms with Crippen molar-refractivity contribution < 1.29 is 9.90 Å². The second-order valence-electron chi connectivity index (χ2n) is 9.69. The molecule has 0 aromatic heterocycles. The minimum atomic E-state index is -0.262. The van der Waals surface area contributed by atoms with E-state index in [2.05, 4.69) is 36.1 Å². The van der Waals surface area contributed by atoms with Gasteiger partial charge in [0.05, 0.1) is 6.61 Å². The highest BCUT2D eigenvalue weighted by Gasteiger charge is 2.29. The first-order valence-corrected chi connectivity index (χ1v) is 13.9. The smallest absolute Gasteiger partial charge is 0.159 e. The maximum Gasteiger partial charge on any atom is 0.159 e. The van der Waals surface area contributed by atoms with Crippen LogP contribution in [0.15, 0.2) is 47.5 Å². The Kier molecular flexibility index (Phi) is 15.3. The average Bonchev–Trinajstić information content (AvgIpc) is 3.24. The van der Waals surface area contributed by atoms with Crippen molar-refractivity contribution in [1.29, 1.82) is 0 Å². The molecule has 0 radical (unpaired) electrons. The van der Waals surface area contributed by atoms with Gasteiger partial charge in [0.15, 0.2) is 5.78 Å². The molecule has 0 aliphatic carbocycles. The van der Waals surface area contributed by atoms with E-state index < -0.39 is 0 Å². The third kappa shape index (κ3) is 12.0. The van der Waals surface area contributed by atoms with E-state index in [9.17, 15) is 9.90 Å². The number of carbonyl (C=O) groups excluding carboxylic acids is 1. The summed E-state index contributed by atoms with van der Waals surface area (Å²) in [6.45, 7) is 3.52. The second-order valence-corrected chi connectivity index (χ2v) is 9.69. The molecule has 1 aliphatic rings. The molecule has 34 heavy (non-hydrogen) atoms. The van der Waals surface area contributed by atoms with E-state index in [-0.39, 0.29) is 18.4 Å². The van der Waals surface area contributed by atoms with Crippen LogP contribution in [0.5, 0.6) is 0 Å². The summed E-state index contributed by atoms with van der Waals surface area (Å²) < 4.78 is 0. The highest BCUT2D eigenvalue weighted by Crippen LogP contribution is 2.17. The number of nitrogens with zero attached hydrogens (tertiary/aromatic N) is 2. The number of aliphatic hydroxyl groups excluding tert-OH is 1. The lowest BCUT2D eigenvalue weighted by Crippen LogP contribution is -2.34. The fraction of sp³-hybridized carbons (Fsp3) is 0.667. The van der Waals surface area contributed by atoms with Crippen LogP contribution >= 0.6 is 0 Å². The van der Waals surface area contributed by atoms with E-state index in [1.54, 1.807) is 0 Å². The molecule has 0 spiro atoms. The Morgan fingerprint density at radius 3 is 2.21 bits per heavy atom. The molecule has 0 bridgehead atoms. The highest BCUT2D eigenvalue weighted by atomic mass is 16.3. The molecule has 1 aromatic carbocycles. The Labute approximate surface area is 208 Å². The number of aliphatic hydroxyl groups is 1. The van der Waals surface area contributed by atoms with Gasteiger partial charge in [-0.25, -0.2) is 0 Å².